The third-order valence-electron chi connectivity index (χ3n) is 5.20. The normalized spacial score (nSPS) is 14.9. The standard InChI is InChI=1S/C20H22N6O3/c1-13-9-14(2)26(23-13)18-4-3-15(10-21-18)19(27)24-7-5-17(6-8-24)25-12-16(11-22-25)20(28)29/h3-4,9-12,17H,5-8H2,1-2H3,(H,28,29). The fourth-order valence-electron chi connectivity index (χ4n) is 3.66. The van der Waals surface area contributed by atoms with Gasteiger partial charge in [0.15, 0.2) is 5.82 Å². The van der Waals surface area contributed by atoms with Crippen LogP contribution in [0.1, 0.15) is 51.0 Å². The molecule has 9 nitrogen and oxygen atoms in total. The maximum absolute atomic E-state index is 12.8. The molecule has 0 saturated carbocycles. The number of carbonyl (C=O) groups excluding carboxylic acids is 1. The fraction of sp³-hybridized carbons (Fsp3) is 0.350. The predicted molar refractivity (Wildman–Crippen MR) is 104 cm³/mol. The molecule has 29 heavy (non-hydrogen) atoms. The first-order chi connectivity index (χ1) is 13.9. The van der Waals surface area contributed by atoms with Gasteiger partial charge in [0.05, 0.1) is 29.1 Å². The number of amides is 1. The van der Waals surface area contributed by atoms with E-state index in [0.29, 0.717) is 24.5 Å². The molecule has 3 aromatic rings. The van der Waals surface area contributed by atoms with Gasteiger partial charge in [0, 0.05) is 31.2 Å². The van der Waals surface area contributed by atoms with E-state index in [2.05, 4.69) is 15.2 Å². The van der Waals surface area contributed by atoms with Crippen LogP contribution in [0.3, 0.4) is 0 Å². The number of pyridine rings is 1. The molecule has 0 unspecified atom stereocenters. The van der Waals surface area contributed by atoms with Crippen LogP contribution in [0, 0.1) is 13.8 Å². The highest BCUT2D eigenvalue weighted by Crippen LogP contribution is 2.23. The minimum atomic E-state index is -0.986. The lowest BCUT2D eigenvalue weighted by molar-refractivity contribution is 0.0688. The molecule has 0 aliphatic carbocycles. The molecule has 1 saturated heterocycles. The highest BCUT2D eigenvalue weighted by atomic mass is 16.4. The number of rotatable bonds is 4. The number of piperidine rings is 1. The Balaban J connectivity index is 1.40. The van der Waals surface area contributed by atoms with Crippen molar-refractivity contribution in [3.05, 3.63) is 59.3 Å². The third kappa shape index (κ3) is 3.75. The van der Waals surface area contributed by atoms with Gasteiger partial charge in [-0.2, -0.15) is 10.2 Å². The minimum Gasteiger partial charge on any atom is -0.478 e. The Morgan fingerprint density at radius 2 is 1.86 bits per heavy atom. The number of likely N-dealkylation sites (tertiary alicyclic amines) is 1. The Morgan fingerprint density at radius 1 is 1.10 bits per heavy atom. The summed E-state index contributed by atoms with van der Waals surface area (Å²) in [5.74, 6) is -0.360. The summed E-state index contributed by atoms with van der Waals surface area (Å²) in [6.45, 7) is 5.07. The third-order valence-corrected chi connectivity index (χ3v) is 5.20. The first kappa shape index (κ1) is 18.9. The second-order valence-electron chi connectivity index (χ2n) is 7.28. The van der Waals surface area contributed by atoms with E-state index in [9.17, 15) is 9.59 Å². The monoisotopic (exact) mass is 394 g/mol. The summed E-state index contributed by atoms with van der Waals surface area (Å²) in [6, 6.07) is 5.65. The summed E-state index contributed by atoms with van der Waals surface area (Å²) in [5, 5.41) is 17.6. The number of hydrogen-bond donors (Lipinski definition) is 1. The van der Waals surface area contributed by atoms with Crippen molar-refractivity contribution in [2.45, 2.75) is 32.7 Å². The van der Waals surface area contributed by atoms with Crippen molar-refractivity contribution in [3.8, 4) is 5.82 Å². The topological polar surface area (TPSA) is 106 Å². The molecule has 150 valence electrons. The average molecular weight is 394 g/mol. The van der Waals surface area contributed by atoms with Gasteiger partial charge in [-0.15, -0.1) is 0 Å². The second-order valence-corrected chi connectivity index (χ2v) is 7.28. The van der Waals surface area contributed by atoms with Crippen molar-refractivity contribution < 1.29 is 14.7 Å². The smallest absolute Gasteiger partial charge is 0.338 e. The average Bonchev–Trinajstić information content (AvgIpc) is 3.34. The molecule has 0 radical (unpaired) electrons. The van der Waals surface area contributed by atoms with E-state index < -0.39 is 5.97 Å². The molecule has 1 amide bonds. The van der Waals surface area contributed by atoms with E-state index >= 15 is 0 Å². The Morgan fingerprint density at radius 3 is 2.41 bits per heavy atom. The molecule has 0 spiro atoms. The first-order valence-corrected chi connectivity index (χ1v) is 9.49. The second kappa shape index (κ2) is 7.50. The molecular formula is C20H22N6O3. The molecule has 1 N–H and O–H groups in total. The zero-order valence-electron chi connectivity index (χ0n) is 16.3. The molecule has 3 aromatic heterocycles. The van der Waals surface area contributed by atoms with Crippen LogP contribution in [0.25, 0.3) is 5.82 Å². The summed E-state index contributed by atoms with van der Waals surface area (Å²) in [4.78, 5) is 30.0. The summed E-state index contributed by atoms with van der Waals surface area (Å²) < 4.78 is 3.45. The maximum Gasteiger partial charge on any atom is 0.338 e. The Bertz CT molecular complexity index is 1040. The van der Waals surface area contributed by atoms with E-state index in [1.54, 1.807) is 38.8 Å². The van der Waals surface area contributed by atoms with E-state index in [1.807, 2.05) is 19.9 Å². The van der Waals surface area contributed by atoms with Crippen LogP contribution >= 0.6 is 0 Å². The van der Waals surface area contributed by atoms with Gasteiger partial charge >= 0.3 is 5.97 Å². The lowest BCUT2D eigenvalue weighted by Crippen LogP contribution is -2.39. The molecule has 0 atom stereocenters. The number of carboxylic acid groups (broad SMARTS) is 1. The Hall–Kier alpha value is -3.49. The fourth-order valence-corrected chi connectivity index (χ4v) is 3.66. The number of nitrogens with zero attached hydrogens (tertiary/aromatic N) is 6. The zero-order chi connectivity index (χ0) is 20.5. The maximum atomic E-state index is 12.8. The largest absolute Gasteiger partial charge is 0.478 e. The number of aromatic carboxylic acids is 1. The quantitative estimate of drug-likeness (QED) is 0.727. The Kier molecular flexibility index (Phi) is 4.87. The van der Waals surface area contributed by atoms with Gasteiger partial charge < -0.3 is 10.0 Å². The molecule has 0 bridgehead atoms. The Labute approximate surface area is 167 Å². The van der Waals surface area contributed by atoms with Gasteiger partial charge in [-0.3, -0.25) is 9.48 Å². The minimum absolute atomic E-state index is 0.0532. The predicted octanol–water partition coefficient (Wildman–Crippen LogP) is 2.26. The lowest BCUT2D eigenvalue weighted by Gasteiger charge is -2.32. The molecule has 1 fully saturated rings. The summed E-state index contributed by atoms with van der Waals surface area (Å²) in [6.07, 6.45) is 5.95. The van der Waals surface area contributed by atoms with Crippen molar-refractivity contribution >= 4 is 11.9 Å². The summed E-state index contributed by atoms with van der Waals surface area (Å²) in [7, 11) is 0. The number of hydrogen-bond acceptors (Lipinski definition) is 5. The highest BCUT2D eigenvalue weighted by Gasteiger charge is 2.25. The number of aryl methyl sites for hydroxylation is 2. The van der Waals surface area contributed by atoms with Gasteiger partial charge in [0.1, 0.15) is 0 Å². The molecule has 9 heteroatoms. The van der Waals surface area contributed by atoms with Crippen LogP contribution < -0.4 is 0 Å². The van der Waals surface area contributed by atoms with Crippen molar-refractivity contribution in [1.82, 2.24) is 29.4 Å². The van der Waals surface area contributed by atoms with Crippen LogP contribution in [0.15, 0.2) is 36.8 Å². The van der Waals surface area contributed by atoms with E-state index in [-0.39, 0.29) is 17.5 Å². The van der Waals surface area contributed by atoms with Gasteiger partial charge in [-0.05, 0) is 44.9 Å². The molecule has 0 aromatic carbocycles. The highest BCUT2D eigenvalue weighted by molar-refractivity contribution is 5.94. The van der Waals surface area contributed by atoms with Crippen LogP contribution in [0.2, 0.25) is 0 Å². The SMILES string of the molecule is Cc1cc(C)n(-c2ccc(C(=O)N3CCC(n4cc(C(=O)O)cn4)CC3)cn2)n1. The van der Waals surface area contributed by atoms with Crippen molar-refractivity contribution in [3.63, 3.8) is 0 Å². The van der Waals surface area contributed by atoms with E-state index in [4.69, 9.17) is 5.11 Å². The summed E-state index contributed by atoms with van der Waals surface area (Å²) >= 11 is 0. The van der Waals surface area contributed by atoms with Gasteiger partial charge in [0.25, 0.3) is 5.91 Å². The molecule has 4 rings (SSSR count). The van der Waals surface area contributed by atoms with Gasteiger partial charge in [0.2, 0.25) is 0 Å². The van der Waals surface area contributed by atoms with Crippen molar-refractivity contribution in [1.29, 1.82) is 0 Å². The molecule has 4 heterocycles. The lowest BCUT2D eigenvalue weighted by atomic mass is 10.0. The van der Waals surface area contributed by atoms with Crippen LogP contribution in [0.4, 0.5) is 0 Å². The van der Waals surface area contributed by atoms with Gasteiger partial charge in [-0.1, -0.05) is 0 Å². The van der Waals surface area contributed by atoms with Crippen molar-refractivity contribution in [2.75, 3.05) is 13.1 Å². The number of carbonyl (C=O) groups is 2. The first-order valence-electron chi connectivity index (χ1n) is 9.49. The van der Waals surface area contributed by atoms with Crippen molar-refractivity contribution in [2.24, 2.45) is 0 Å². The molecule has 1 aliphatic heterocycles. The summed E-state index contributed by atoms with van der Waals surface area (Å²) in [5.41, 5.74) is 2.62. The van der Waals surface area contributed by atoms with Crippen LogP contribution in [0.5, 0.6) is 0 Å². The molecular weight excluding hydrogens is 372 g/mol. The van der Waals surface area contributed by atoms with E-state index in [1.165, 1.54) is 6.20 Å². The number of aromatic nitrogens is 5. The van der Waals surface area contributed by atoms with Gasteiger partial charge in [-0.25, -0.2) is 14.5 Å². The number of carboxylic acids is 1. The zero-order valence-corrected chi connectivity index (χ0v) is 16.3. The van der Waals surface area contributed by atoms with Crippen LogP contribution in [-0.2, 0) is 0 Å². The van der Waals surface area contributed by atoms with E-state index in [0.717, 1.165) is 24.2 Å². The van der Waals surface area contributed by atoms with Crippen LogP contribution in [-0.4, -0.2) is 59.5 Å². The molecule has 1 aliphatic rings.